The fourth-order valence-corrected chi connectivity index (χ4v) is 2.21. The highest BCUT2D eigenvalue weighted by molar-refractivity contribution is 9.10. The molecule has 0 spiro atoms. The van der Waals surface area contributed by atoms with E-state index in [9.17, 15) is 4.79 Å². The number of carbonyl (C=O) groups is 1. The maximum atomic E-state index is 12.3. The van der Waals surface area contributed by atoms with Gasteiger partial charge in [-0.25, -0.2) is 0 Å². The molecule has 0 aliphatic rings. The molecule has 1 heterocycles. The molecular formula is C15H16BrNO2. The molecule has 0 saturated carbocycles. The van der Waals surface area contributed by atoms with Gasteiger partial charge in [-0.3, -0.25) is 4.79 Å². The molecule has 4 heteroatoms. The lowest BCUT2D eigenvalue weighted by Crippen LogP contribution is -2.26. The van der Waals surface area contributed by atoms with Crippen molar-refractivity contribution in [3.63, 3.8) is 0 Å². The quantitative estimate of drug-likeness (QED) is 0.856. The number of hydrogen-bond acceptors (Lipinski definition) is 2. The molecule has 1 aromatic heterocycles. The highest BCUT2D eigenvalue weighted by Gasteiger charge is 2.17. The van der Waals surface area contributed by atoms with Crippen molar-refractivity contribution < 1.29 is 9.21 Å². The van der Waals surface area contributed by atoms with E-state index in [4.69, 9.17) is 4.42 Å². The minimum absolute atomic E-state index is 0.00600. The van der Waals surface area contributed by atoms with E-state index in [0.29, 0.717) is 12.1 Å². The highest BCUT2D eigenvalue weighted by Crippen LogP contribution is 2.16. The van der Waals surface area contributed by atoms with Crippen molar-refractivity contribution in [2.45, 2.75) is 19.9 Å². The summed E-state index contributed by atoms with van der Waals surface area (Å²) in [5, 5.41) is 0. The molecule has 0 aliphatic heterocycles. The first-order valence-corrected chi connectivity index (χ1v) is 6.97. The van der Waals surface area contributed by atoms with Gasteiger partial charge in [0.25, 0.3) is 5.91 Å². The molecule has 1 aromatic carbocycles. The maximum absolute atomic E-state index is 12.3. The van der Waals surface area contributed by atoms with E-state index < -0.39 is 0 Å². The second kappa shape index (κ2) is 6.06. The topological polar surface area (TPSA) is 33.5 Å². The van der Waals surface area contributed by atoms with Crippen LogP contribution in [0.15, 0.2) is 45.5 Å². The number of furan rings is 1. The third kappa shape index (κ3) is 3.26. The molecule has 2 rings (SSSR count). The second-order valence-electron chi connectivity index (χ2n) is 4.40. The van der Waals surface area contributed by atoms with E-state index in [-0.39, 0.29) is 5.91 Å². The summed E-state index contributed by atoms with van der Waals surface area (Å²) >= 11 is 3.40. The molecule has 100 valence electrons. The molecule has 1 amide bonds. The zero-order chi connectivity index (χ0) is 13.8. The predicted octanol–water partition coefficient (Wildman–Crippen LogP) is 3.88. The van der Waals surface area contributed by atoms with Gasteiger partial charge >= 0.3 is 0 Å². The normalized spacial score (nSPS) is 10.5. The van der Waals surface area contributed by atoms with Crippen molar-refractivity contribution in [2.75, 3.05) is 7.05 Å². The Morgan fingerprint density at radius 2 is 1.95 bits per heavy atom. The van der Waals surface area contributed by atoms with Crippen molar-refractivity contribution in [3.05, 3.63) is 58.0 Å². The van der Waals surface area contributed by atoms with Crippen molar-refractivity contribution in [1.29, 1.82) is 0 Å². The average molecular weight is 322 g/mol. The van der Waals surface area contributed by atoms with Gasteiger partial charge in [0.05, 0.1) is 11.8 Å². The molecule has 0 aliphatic carbocycles. The van der Waals surface area contributed by atoms with Crippen LogP contribution in [0.2, 0.25) is 0 Å². The van der Waals surface area contributed by atoms with E-state index in [0.717, 1.165) is 22.2 Å². The molecule has 0 radical (unpaired) electrons. The summed E-state index contributed by atoms with van der Waals surface area (Å²) in [6.07, 6.45) is 2.29. The molecule has 3 nitrogen and oxygen atoms in total. The van der Waals surface area contributed by atoms with Gasteiger partial charge in [0.1, 0.15) is 5.76 Å². The first kappa shape index (κ1) is 13.9. The number of hydrogen-bond donors (Lipinski definition) is 0. The number of carbonyl (C=O) groups excluding carboxylic acids is 1. The molecule has 0 unspecified atom stereocenters. The monoisotopic (exact) mass is 321 g/mol. The van der Waals surface area contributed by atoms with E-state index in [1.807, 2.05) is 31.2 Å². The minimum Gasteiger partial charge on any atom is -0.469 e. The van der Waals surface area contributed by atoms with Gasteiger partial charge in [0.2, 0.25) is 0 Å². The van der Waals surface area contributed by atoms with Crippen LogP contribution in [-0.2, 0) is 13.0 Å². The number of halogens is 1. The Hall–Kier alpha value is -1.55. The zero-order valence-corrected chi connectivity index (χ0v) is 12.6. The first-order chi connectivity index (χ1) is 9.11. The average Bonchev–Trinajstić information content (AvgIpc) is 2.88. The van der Waals surface area contributed by atoms with Crippen LogP contribution in [-0.4, -0.2) is 17.9 Å². The summed E-state index contributed by atoms with van der Waals surface area (Å²) in [5.74, 6) is 0.737. The molecule has 2 aromatic rings. The standard InChI is InChI=1S/C15H16BrNO2/c1-3-14-13(8-9-19-14)15(18)17(2)10-11-4-6-12(16)7-5-11/h4-9H,3,10H2,1-2H3. The molecule has 0 saturated heterocycles. The number of rotatable bonds is 4. The Labute approximate surface area is 121 Å². The van der Waals surface area contributed by atoms with Gasteiger partial charge in [0.15, 0.2) is 0 Å². The van der Waals surface area contributed by atoms with Crippen LogP contribution < -0.4 is 0 Å². The number of nitrogens with zero attached hydrogens (tertiary/aromatic N) is 1. The molecule has 0 bridgehead atoms. The number of amides is 1. The van der Waals surface area contributed by atoms with Gasteiger partial charge in [-0.15, -0.1) is 0 Å². The summed E-state index contributed by atoms with van der Waals surface area (Å²) < 4.78 is 6.33. The van der Waals surface area contributed by atoms with Gasteiger partial charge in [-0.1, -0.05) is 35.0 Å². The van der Waals surface area contributed by atoms with E-state index >= 15 is 0 Å². The van der Waals surface area contributed by atoms with Crippen molar-refractivity contribution in [3.8, 4) is 0 Å². The number of aryl methyl sites for hydroxylation is 1. The largest absolute Gasteiger partial charge is 0.469 e. The van der Waals surface area contributed by atoms with Crippen LogP contribution in [0, 0.1) is 0 Å². The summed E-state index contributed by atoms with van der Waals surface area (Å²) in [7, 11) is 1.80. The molecule has 0 atom stereocenters. The third-order valence-electron chi connectivity index (χ3n) is 2.98. The van der Waals surface area contributed by atoms with Gasteiger partial charge in [-0.2, -0.15) is 0 Å². The van der Waals surface area contributed by atoms with Crippen LogP contribution >= 0.6 is 15.9 Å². The van der Waals surface area contributed by atoms with Crippen LogP contribution in [0.3, 0.4) is 0 Å². The van der Waals surface area contributed by atoms with Crippen LogP contribution in [0.1, 0.15) is 28.6 Å². The van der Waals surface area contributed by atoms with Crippen LogP contribution in [0.4, 0.5) is 0 Å². The fourth-order valence-electron chi connectivity index (χ4n) is 1.95. The Bertz CT molecular complexity index is 560. The molecule has 19 heavy (non-hydrogen) atoms. The lowest BCUT2D eigenvalue weighted by molar-refractivity contribution is 0.0783. The van der Waals surface area contributed by atoms with Crippen molar-refractivity contribution in [1.82, 2.24) is 4.90 Å². The molecular weight excluding hydrogens is 306 g/mol. The van der Waals surface area contributed by atoms with Crippen LogP contribution in [0.5, 0.6) is 0 Å². The van der Waals surface area contributed by atoms with Crippen LogP contribution in [0.25, 0.3) is 0 Å². The van der Waals surface area contributed by atoms with Crippen molar-refractivity contribution in [2.24, 2.45) is 0 Å². The Kier molecular flexibility index (Phi) is 4.43. The third-order valence-corrected chi connectivity index (χ3v) is 3.51. The SMILES string of the molecule is CCc1occc1C(=O)N(C)Cc1ccc(Br)cc1. The highest BCUT2D eigenvalue weighted by atomic mass is 79.9. The summed E-state index contributed by atoms with van der Waals surface area (Å²) in [6, 6.07) is 9.69. The van der Waals surface area contributed by atoms with Gasteiger partial charge in [-0.05, 0) is 23.8 Å². The lowest BCUT2D eigenvalue weighted by atomic mass is 10.1. The number of benzene rings is 1. The Morgan fingerprint density at radius 3 is 2.58 bits per heavy atom. The zero-order valence-electron chi connectivity index (χ0n) is 11.0. The van der Waals surface area contributed by atoms with Crippen molar-refractivity contribution >= 4 is 21.8 Å². The molecule has 0 N–H and O–H groups in total. The second-order valence-corrected chi connectivity index (χ2v) is 5.31. The summed E-state index contributed by atoms with van der Waals surface area (Å²) in [6.45, 7) is 2.56. The molecule has 0 fully saturated rings. The summed E-state index contributed by atoms with van der Waals surface area (Å²) in [4.78, 5) is 14.0. The summed E-state index contributed by atoms with van der Waals surface area (Å²) in [5.41, 5.74) is 1.75. The predicted molar refractivity (Wildman–Crippen MR) is 78.0 cm³/mol. The van der Waals surface area contributed by atoms with E-state index in [1.54, 1.807) is 24.3 Å². The minimum atomic E-state index is -0.00600. The van der Waals surface area contributed by atoms with Gasteiger partial charge < -0.3 is 9.32 Å². The lowest BCUT2D eigenvalue weighted by Gasteiger charge is -2.17. The first-order valence-electron chi connectivity index (χ1n) is 6.18. The fraction of sp³-hybridized carbons (Fsp3) is 0.267. The smallest absolute Gasteiger partial charge is 0.257 e. The van der Waals surface area contributed by atoms with E-state index in [2.05, 4.69) is 15.9 Å². The maximum Gasteiger partial charge on any atom is 0.257 e. The van der Waals surface area contributed by atoms with E-state index in [1.165, 1.54) is 0 Å². The Balaban J connectivity index is 2.09. The van der Waals surface area contributed by atoms with Gasteiger partial charge in [0, 0.05) is 24.5 Å². The Morgan fingerprint density at radius 1 is 1.26 bits per heavy atom.